The Labute approximate surface area is 204 Å². The number of carbonyl (C=O) groups excluding carboxylic acids is 1. The van der Waals surface area contributed by atoms with Crippen LogP contribution in [0.2, 0.25) is 0 Å². The van der Waals surface area contributed by atoms with Gasteiger partial charge in [0.25, 0.3) is 0 Å². The van der Waals surface area contributed by atoms with Crippen LogP contribution in [0.3, 0.4) is 0 Å². The molecule has 6 nitrogen and oxygen atoms in total. The molecule has 0 saturated carbocycles. The van der Waals surface area contributed by atoms with Crippen molar-refractivity contribution in [1.29, 1.82) is 0 Å². The van der Waals surface area contributed by atoms with E-state index in [0.29, 0.717) is 19.8 Å². The van der Waals surface area contributed by atoms with Gasteiger partial charge in [0.15, 0.2) is 0 Å². The quantitative estimate of drug-likeness (QED) is 0.306. The van der Waals surface area contributed by atoms with Gasteiger partial charge in [0, 0.05) is 0 Å². The minimum Gasteiger partial charge on any atom is -0.458 e. The van der Waals surface area contributed by atoms with Crippen molar-refractivity contribution in [2.24, 2.45) is 0 Å². The van der Waals surface area contributed by atoms with Crippen LogP contribution in [0.5, 0.6) is 0 Å². The molecule has 34 heavy (non-hydrogen) atoms. The molecule has 0 N–H and O–H groups in total. The number of rotatable bonds is 9. The van der Waals surface area contributed by atoms with Crippen LogP contribution in [-0.4, -0.2) is 49.7 Å². The fourth-order valence-electron chi connectivity index (χ4n) is 3.44. The highest BCUT2D eigenvalue weighted by molar-refractivity contribution is 6.62. The van der Waals surface area contributed by atoms with Gasteiger partial charge < -0.3 is 23.5 Å². The summed E-state index contributed by atoms with van der Waals surface area (Å²) in [4.78, 5) is 11.6. The average molecular weight is 468 g/mol. The van der Waals surface area contributed by atoms with Crippen LogP contribution in [0.1, 0.15) is 54.0 Å². The highest BCUT2D eigenvalue weighted by Gasteiger charge is 2.51. The summed E-state index contributed by atoms with van der Waals surface area (Å²) in [6, 6.07) is 16.6. The summed E-state index contributed by atoms with van der Waals surface area (Å²) in [7, 11) is -0.355. The highest BCUT2D eigenvalue weighted by atomic mass is 16.7. The number of ether oxygens (including phenoxy) is 3. The molecule has 2 aromatic rings. The summed E-state index contributed by atoms with van der Waals surface area (Å²) < 4.78 is 28.4. The lowest BCUT2D eigenvalue weighted by Gasteiger charge is -2.32. The van der Waals surface area contributed by atoms with Crippen molar-refractivity contribution in [2.45, 2.75) is 71.9 Å². The summed E-state index contributed by atoms with van der Waals surface area (Å²) in [6.07, 6.45) is 0. The van der Waals surface area contributed by atoms with Gasteiger partial charge in [0.1, 0.15) is 12.2 Å². The third-order valence-electron chi connectivity index (χ3n) is 6.00. The molecule has 184 valence electrons. The molecular weight excluding hydrogens is 431 g/mol. The Bertz CT molecular complexity index is 929. The largest absolute Gasteiger partial charge is 0.494 e. The molecule has 0 unspecified atom stereocenters. The monoisotopic (exact) mass is 468 g/mol. The van der Waals surface area contributed by atoms with E-state index in [2.05, 4.69) is 76.2 Å². The van der Waals surface area contributed by atoms with E-state index in [9.17, 15) is 4.79 Å². The lowest BCUT2D eigenvalue weighted by Crippen LogP contribution is -2.41. The van der Waals surface area contributed by atoms with Crippen LogP contribution in [0.15, 0.2) is 48.5 Å². The van der Waals surface area contributed by atoms with Gasteiger partial charge in [-0.2, -0.15) is 0 Å². The zero-order valence-corrected chi connectivity index (χ0v) is 21.5. The van der Waals surface area contributed by atoms with E-state index in [0.717, 1.165) is 22.2 Å². The molecule has 1 fully saturated rings. The van der Waals surface area contributed by atoms with E-state index in [4.69, 9.17) is 23.5 Å². The van der Waals surface area contributed by atoms with Gasteiger partial charge >= 0.3 is 13.1 Å². The molecular formula is C27H37BO6. The van der Waals surface area contributed by atoms with Crippen molar-refractivity contribution >= 4 is 18.6 Å². The molecule has 0 spiro atoms. The molecule has 0 radical (unpaired) electrons. The van der Waals surface area contributed by atoms with E-state index < -0.39 is 5.60 Å². The summed E-state index contributed by atoms with van der Waals surface area (Å²) in [5.74, 6) is -0.368. The molecule has 7 heteroatoms. The number of hydrogen-bond acceptors (Lipinski definition) is 6. The van der Waals surface area contributed by atoms with Gasteiger partial charge in [0.2, 0.25) is 0 Å². The van der Waals surface area contributed by atoms with Crippen molar-refractivity contribution < 1.29 is 28.3 Å². The first-order valence-electron chi connectivity index (χ1n) is 11.8. The van der Waals surface area contributed by atoms with E-state index in [-0.39, 0.29) is 30.9 Å². The Morgan fingerprint density at radius 2 is 1.32 bits per heavy atom. The molecule has 1 heterocycles. The number of carbonyl (C=O) groups is 1. The fourth-order valence-corrected chi connectivity index (χ4v) is 3.44. The second kappa shape index (κ2) is 10.6. The first kappa shape index (κ1) is 26.4. The summed E-state index contributed by atoms with van der Waals surface area (Å²) in [6.45, 7) is 14.9. The molecule has 3 rings (SSSR count). The Hall–Kier alpha value is -2.19. The lowest BCUT2D eigenvalue weighted by atomic mass is 9.78. The Morgan fingerprint density at radius 3 is 1.85 bits per heavy atom. The van der Waals surface area contributed by atoms with Crippen LogP contribution < -0.4 is 5.46 Å². The predicted octanol–water partition coefficient (Wildman–Crippen LogP) is 4.53. The standard InChI is InChI=1S/C27H37BO6/c1-25(2,3)32-24(29)19-31-17-16-30-18-20-8-10-21(11-9-20)22-12-14-23(15-13-22)28-33-26(4,5)27(6,7)34-28/h8-15H,16-19H2,1-7H3. The summed E-state index contributed by atoms with van der Waals surface area (Å²) >= 11 is 0. The van der Waals surface area contributed by atoms with Crippen molar-refractivity contribution in [3.05, 3.63) is 54.1 Å². The van der Waals surface area contributed by atoms with E-state index in [1.807, 2.05) is 20.8 Å². The number of benzene rings is 2. The zero-order chi connectivity index (χ0) is 25.0. The predicted molar refractivity (Wildman–Crippen MR) is 134 cm³/mol. The van der Waals surface area contributed by atoms with Crippen LogP contribution in [0.25, 0.3) is 11.1 Å². The number of esters is 1. The summed E-state index contributed by atoms with van der Waals surface area (Å²) in [5.41, 5.74) is 3.15. The molecule has 1 aliphatic heterocycles. The summed E-state index contributed by atoms with van der Waals surface area (Å²) in [5, 5.41) is 0. The SMILES string of the molecule is CC(C)(C)OC(=O)COCCOCc1ccc(-c2ccc(B3OC(C)(C)C(C)(C)O3)cc2)cc1. The molecule has 0 atom stereocenters. The van der Waals surface area contributed by atoms with Crippen molar-refractivity contribution in [1.82, 2.24) is 0 Å². The molecule has 1 aliphatic rings. The second-order valence-corrected chi connectivity index (χ2v) is 10.6. The lowest BCUT2D eigenvalue weighted by molar-refractivity contribution is -0.160. The van der Waals surface area contributed by atoms with E-state index in [1.54, 1.807) is 0 Å². The van der Waals surface area contributed by atoms with Gasteiger partial charge in [-0.1, -0.05) is 48.5 Å². The minimum atomic E-state index is -0.502. The van der Waals surface area contributed by atoms with E-state index >= 15 is 0 Å². The van der Waals surface area contributed by atoms with Gasteiger partial charge in [-0.25, -0.2) is 4.79 Å². The topological polar surface area (TPSA) is 63.2 Å². The number of hydrogen-bond donors (Lipinski definition) is 0. The first-order valence-corrected chi connectivity index (χ1v) is 11.8. The van der Waals surface area contributed by atoms with Gasteiger partial charge in [-0.15, -0.1) is 0 Å². The molecule has 2 aromatic carbocycles. The molecule has 0 aliphatic carbocycles. The maximum Gasteiger partial charge on any atom is 0.494 e. The van der Waals surface area contributed by atoms with E-state index in [1.165, 1.54) is 0 Å². The van der Waals surface area contributed by atoms with Crippen LogP contribution in [-0.2, 0) is 34.9 Å². The van der Waals surface area contributed by atoms with Crippen LogP contribution in [0, 0.1) is 0 Å². The molecule has 0 bridgehead atoms. The maximum absolute atomic E-state index is 11.6. The van der Waals surface area contributed by atoms with Crippen LogP contribution >= 0.6 is 0 Å². The van der Waals surface area contributed by atoms with Gasteiger partial charge in [0.05, 0.1) is 31.0 Å². The minimum absolute atomic E-state index is 0.0668. The van der Waals surface area contributed by atoms with Crippen LogP contribution in [0.4, 0.5) is 0 Å². The zero-order valence-electron chi connectivity index (χ0n) is 21.5. The Morgan fingerprint density at radius 1 is 0.824 bits per heavy atom. The second-order valence-electron chi connectivity index (χ2n) is 10.6. The third-order valence-corrected chi connectivity index (χ3v) is 6.00. The van der Waals surface area contributed by atoms with Gasteiger partial charge in [-0.3, -0.25) is 0 Å². The molecule has 1 saturated heterocycles. The fraction of sp³-hybridized carbons (Fsp3) is 0.519. The highest BCUT2D eigenvalue weighted by Crippen LogP contribution is 2.36. The van der Waals surface area contributed by atoms with Crippen molar-refractivity contribution in [3.63, 3.8) is 0 Å². The average Bonchev–Trinajstić information content (AvgIpc) is 2.97. The Balaban J connectivity index is 1.43. The smallest absolute Gasteiger partial charge is 0.458 e. The molecule has 0 amide bonds. The van der Waals surface area contributed by atoms with Crippen molar-refractivity contribution in [3.8, 4) is 11.1 Å². The first-order chi connectivity index (χ1) is 15.9. The molecule has 0 aromatic heterocycles. The van der Waals surface area contributed by atoms with Crippen molar-refractivity contribution in [2.75, 3.05) is 19.8 Å². The third kappa shape index (κ3) is 7.16. The maximum atomic E-state index is 11.6. The normalized spacial score (nSPS) is 17.1. The Kier molecular flexibility index (Phi) is 8.24. The van der Waals surface area contributed by atoms with Gasteiger partial charge in [-0.05, 0) is 70.6 Å².